The van der Waals surface area contributed by atoms with Gasteiger partial charge in [0.25, 0.3) is 0 Å². The summed E-state index contributed by atoms with van der Waals surface area (Å²) >= 11 is 4.89. The van der Waals surface area contributed by atoms with Gasteiger partial charge < -0.3 is 10.8 Å². The molecule has 0 saturated heterocycles. The molecule has 0 spiro atoms. The van der Waals surface area contributed by atoms with Crippen molar-refractivity contribution >= 4 is 17.2 Å². The maximum absolute atomic E-state index is 9.35. The smallest absolute Gasteiger partial charge is 0.115 e. The number of aromatic hydroxyl groups is 1. The van der Waals surface area contributed by atoms with E-state index in [-0.39, 0.29) is 0 Å². The quantitative estimate of drug-likeness (QED) is 0.769. The number of hydrogen-bond acceptors (Lipinski definition) is 3. The summed E-state index contributed by atoms with van der Waals surface area (Å²) in [5.74, 6) is 0.299. The summed E-state index contributed by atoms with van der Waals surface area (Å²) in [5, 5.41) is 9.35. The third-order valence-electron chi connectivity index (χ3n) is 2.59. The summed E-state index contributed by atoms with van der Waals surface area (Å²) in [6.45, 7) is 2.86. The van der Waals surface area contributed by atoms with E-state index in [0.717, 1.165) is 12.1 Å². The first kappa shape index (κ1) is 12.9. The van der Waals surface area contributed by atoms with Gasteiger partial charge in [0, 0.05) is 19.0 Å². The Morgan fingerprint density at radius 1 is 1.56 bits per heavy atom. The fraction of sp³-hybridized carbons (Fsp3) is 0.417. The molecule has 88 valence electrons. The highest BCUT2D eigenvalue weighted by molar-refractivity contribution is 7.80. The standard InChI is InChI=1S/C12H18N2OS/c1-9(6-12(13)16)14(2)8-10-4-3-5-11(15)7-10/h3-5,7,9,15H,6,8H2,1-2H3,(H2,13,16). The fourth-order valence-electron chi connectivity index (χ4n) is 1.55. The first-order valence-electron chi connectivity index (χ1n) is 5.25. The Labute approximate surface area is 102 Å². The minimum atomic E-state index is 0.299. The van der Waals surface area contributed by atoms with Crippen molar-refractivity contribution in [2.75, 3.05) is 7.05 Å². The minimum Gasteiger partial charge on any atom is -0.508 e. The Balaban J connectivity index is 2.56. The molecule has 1 aromatic rings. The van der Waals surface area contributed by atoms with E-state index in [1.807, 2.05) is 19.2 Å². The Kier molecular flexibility index (Phi) is 4.71. The van der Waals surface area contributed by atoms with E-state index in [9.17, 15) is 5.11 Å². The lowest BCUT2D eigenvalue weighted by Crippen LogP contribution is -2.32. The molecule has 0 aliphatic rings. The highest BCUT2D eigenvalue weighted by Gasteiger charge is 2.10. The summed E-state index contributed by atoms with van der Waals surface area (Å²) < 4.78 is 0. The number of nitrogens with two attached hydrogens (primary N) is 1. The Bertz CT molecular complexity index is 368. The average Bonchev–Trinajstić information content (AvgIpc) is 2.16. The molecule has 0 amide bonds. The molecule has 3 nitrogen and oxygen atoms in total. The Hall–Kier alpha value is -1.13. The topological polar surface area (TPSA) is 49.5 Å². The first-order valence-corrected chi connectivity index (χ1v) is 5.66. The molecule has 0 bridgehead atoms. The second kappa shape index (κ2) is 5.82. The molecule has 0 heterocycles. The number of phenolic OH excluding ortho intramolecular Hbond substituents is 1. The highest BCUT2D eigenvalue weighted by atomic mass is 32.1. The molecule has 0 fully saturated rings. The van der Waals surface area contributed by atoms with E-state index in [1.54, 1.807) is 12.1 Å². The Morgan fingerprint density at radius 3 is 2.81 bits per heavy atom. The van der Waals surface area contributed by atoms with E-state index < -0.39 is 0 Å². The van der Waals surface area contributed by atoms with Gasteiger partial charge in [-0.1, -0.05) is 24.4 Å². The molecule has 1 aromatic carbocycles. The zero-order chi connectivity index (χ0) is 12.1. The minimum absolute atomic E-state index is 0.299. The molecule has 0 aromatic heterocycles. The van der Waals surface area contributed by atoms with Crippen LogP contribution in [0.4, 0.5) is 0 Å². The average molecular weight is 238 g/mol. The van der Waals surface area contributed by atoms with E-state index >= 15 is 0 Å². The van der Waals surface area contributed by atoms with Crippen molar-refractivity contribution < 1.29 is 5.11 Å². The molecule has 0 aliphatic carbocycles. The van der Waals surface area contributed by atoms with Crippen LogP contribution < -0.4 is 5.73 Å². The van der Waals surface area contributed by atoms with Crippen LogP contribution in [0.15, 0.2) is 24.3 Å². The first-order chi connectivity index (χ1) is 7.49. The van der Waals surface area contributed by atoms with Crippen molar-refractivity contribution in [2.24, 2.45) is 5.73 Å². The van der Waals surface area contributed by atoms with E-state index in [1.165, 1.54) is 0 Å². The van der Waals surface area contributed by atoms with Crippen LogP contribution >= 0.6 is 12.2 Å². The van der Waals surface area contributed by atoms with Crippen LogP contribution in [0, 0.1) is 0 Å². The molecule has 3 N–H and O–H groups in total. The van der Waals surface area contributed by atoms with Crippen molar-refractivity contribution in [2.45, 2.75) is 25.9 Å². The molecule has 0 aliphatic heterocycles. The summed E-state index contributed by atoms with van der Waals surface area (Å²) in [7, 11) is 2.02. The second-order valence-corrected chi connectivity index (χ2v) is 4.63. The number of benzene rings is 1. The van der Waals surface area contributed by atoms with Gasteiger partial charge in [0.2, 0.25) is 0 Å². The van der Waals surface area contributed by atoms with Gasteiger partial charge in [0.1, 0.15) is 5.75 Å². The van der Waals surface area contributed by atoms with Gasteiger partial charge in [-0.15, -0.1) is 0 Å². The molecular formula is C12H18N2OS. The van der Waals surface area contributed by atoms with Crippen molar-refractivity contribution in [3.63, 3.8) is 0 Å². The Morgan fingerprint density at radius 2 is 2.25 bits per heavy atom. The van der Waals surface area contributed by atoms with Crippen LogP contribution in [0.1, 0.15) is 18.9 Å². The van der Waals surface area contributed by atoms with Crippen molar-refractivity contribution in [3.05, 3.63) is 29.8 Å². The van der Waals surface area contributed by atoms with Gasteiger partial charge in [-0.3, -0.25) is 4.90 Å². The van der Waals surface area contributed by atoms with Gasteiger partial charge in [-0.2, -0.15) is 0 Å². The second-order valence-electron chi connectivity index (χ2n) is 4.10. The third kappa shape index (κ3) is 4.16. The predicted molar refractivity (Wildman–Crippen MR) is 70.4 cm³/mol. The van der Waals surface area contributed by atoms with E-state index in [4.69, 9.17) is 18.0 Å². The number of hydrogen-bond donors (Lipinski definition) is 2. The molecule has 0 saturated carbocycles. The molecule has 16 heavy (non-hydrogen) atoms. The number of thiocarbonyl (C=S) groups is 1. The lowest BCUT2D eigenvalue weighted by atomic mass is 10.1. The number of rotatable bonds is 5. The van der Waals surface area contributed by atoms with Crippen LogP contribution in [-0.4, -0.2) is 28.1 Å². The number of nitrogens with zero attached hydrogens (tertiary/aromatic N) is 1. The van der Waals surface area contributed by atoms with Crippen LogP contribution in [0.25, 0.3) is 0 Å². The summed E-state index contributed by atoms with van der Waals surface area (Å²) in [5.41, 5.74) is 6.59. The van der Waals surface area contributed by atoms with Crippen LogP contribution in [-0.2, 0) is 6.54 Å². The predicted octanol–water partition coefficient (Wildman–Crippen LogP) is 1.89. The lowest BCUT2D eigenvalue weighted by Gasteiger charge is -2.24. The zero-order valence-electron chi connectivity index (χ0n) is 9.68. The zero-order valence-corrected chi connectivity index (χ0v) is 10.5. The molecule has 4 heteroatoms. The lowest BCUT2D eigenvalue weighted by molar-refractivity contribution is 0.255. The van der Waals surface area contributed by atoms with Gasteiger partial charge >= 0.3 is 0 Å². The highest BCUT2D eigenvalue weighted by Crippen LogP contribution is 2.14. The third-order valence-corrected chi connectivity index (χ3v) is 2.76. The van der Waals surface area contributed by atoms with Crippen LogP contribution in [0.2, 0.25) is 0 Å². The normalized spacial score (nSPS) is 12.7. The largest absolute Gasteiger partial charge is 0.508 e. The van der Waals surface area contributed by atoms with Crippen LogP contribution in [0.3, 0.4) is 0 Å². The molecule has 1 unspecified atom stereocenters. The monoisotopic (exact) mass is 238 g/mol. The fourth-order valence-corrected chi connectivity index (χ4v) is 1.79. The maximum atomic E-state index is 9.35. The van der Waals surface area contributed by atoms with Crippen molar-refractivity contribution in [1.29, 1.82) is 0 Å². The maximum Gasteiger partial charge on any atom is 0.115 e. The SMILES string of the molecule is CC(CC(N)=S)N(C)Cc1cccc(O)c1. The van der Waals surface area contributed by atoms with Gasteiger partial charge in [-0.05, 0) is 31.7 Å². The summed E-state index contributed by atoms with van der Waals surface area (Å²) in [6, 6.07) is 7.58. The van der Waals surface area contributed by atoms with Gasteiger partial charge in [0.05, 0.1) is 4.99 Å². The van der Waals surface area contributed by atoms with Gasteiger partial charge in [-0.25, -0.2) is 0 Å². The summed E-state index contributed by atoms with van der Waals surface area (Å²) in [6.07, 6.45) is 0.713. The molecule has 1 atom stereocenters. The molecule has 1 rings (SSSR count). The summed E-state index contributed by atoms with van der Waals surface area (Å²) in [4.78, 5) is 2.70. The van der Waals surface area contributed by atoms with Crippen molar-refractivity contribution in [1.82, 2.24) is 4.90 Å². The van der Waals surface area contributed by atoms with E-state index in [0.29, 0.717) is 23.2 Å². The van der Waals surface area contributed by atoms with Gasteiger partial charge in [0.15, 0.2) is 0 Å². The molecular weight excluding hydrogens is 220 g/mol. The van der Waals surface area contributed by atoms with Crippen LogP contribution in [0.5, 0.6) is 5.75 Å². The molecule has 0 radical (unpaired) electrons. The van der Waals surface area contributed by atoms with Crippen molar-refractivity contribution in [3.8, 4) is 5.75 Å². The number of phenols is 1. The van der Waals surface area contributed by atoms with E-state index in [2.05, 4.69) is 11.8 Å².